The molecule has 0 aliphatic heterocycles. The van der Waals surface area contributed by atoms with Crippen molar-refractivity contribution in [2.75, 3.05) is 5.32 Å². The molecule has 2 N–H and O–H groups in total. The molecule has 20 heavy (non-hydrogen) atoms. The van der Waals surface area contributed by atoms with Crippen molar-refractivity contribution in [3.8, 4) is 16.9 Å². The molecular formula is C17H15NOS. The third-order valence-corrected chi connectivity index (χ3v) is 4.03. The zero-order chi connectivity index (χ0) is 13.8. The van der Waals surface area contributed by atoms with Gasteiger partial charge >= 0.3 is 0 Å². The highest BCUT2D eigenvalue weighted by molar-refractivity contribution is 7.10. The molecule has 1 aromatic heterocycles. The van der Waals surface area contributed by atoms with Crippen molar-refractivity contribution in [3.63, 3.8) is 0 Å². The van der Waals surface area contributed by atoms with Crippen LogP contribution in [0.1, 0.15) is 4.88 Å². The van der Waals surface area contributed by atoms with Crippen LogP contribution in [0.4, 0.5) is 5.69 Å². The molecule has 0 unspecified atom stereocenters. The number of rotatable bonds is 4. The van der Waals surface area contributed by atoms with E-state index in [2.05, 4.69) is 41.0 Å². The topological polar surface area (TPSA) is 32.3 Å². The summed E-state index contributed by atoms with van der Waals surface area (Å²) in [5.41, 5.74) is 3.52. The summed E-state index contributed by atoms with van der Waals surface area (Å²) in [6.07, 6.45) is 0. The first-order valence-corrected chi connectivity index (χ1v) is 7.35. The quantitative estimate of drug-likeness (QED) is 0.677. The molecule has 2 aromatic carbocycles. The molecule has 3 rings (SSSR count). The molecule has 1 heterocycles. The molecule has 0 saturated heterocycles. The fourth-order valence-corrected chi connectivity index (χ4v) is 2.86. The average molecular weight is 281 g/mol. The fraction of sp³-hybridized carbons (Fsp3) is 0.0588. The predicted octanol–water partition coefficient (Wildman–Crippen LogP) is 4.73. The Hall–Kier alpha value is -2.26. The normalized spacial score (nSPS) is 10.4. The van der Waals surface area contributed by atoms with Gasteiger partial charge in [-0.3, -0.25) is 0 Å². The Balaban J connectivity index is 1.67. The number of phenols is 1. The van der Waals surface area contributed by atoms with Crippen molar-refractivity contribution in [2.24, 2.45) is 0 Å². The van der Waals surface area contributed by atoms with Crippen LogP contribution < -0.4 is 5.32 Å². The Kier molecular flexibility index (Phi) is 3.70. The molecule has 3 aromatic rings. The predicted molar refractivity (Wildman–Crippen MR) is 85.2 cm³/mol. The summed E-state index contributed by atoms with van der Waals surface area (Å²) in [5, 5.41) is 14.8. The lowest BCUT2D eigenvalue weighted by molar-refractivity contribution is 0.475. The largest absolute Gasteiger partial charge is 0.508 e. The minimum Gasteiger partial charge on any atom is -0.508 e. The van der Waals surface area contributed by atoms with Crippen molar-refractivity contribution in [2.45, 2.75) is 6.54 Å². The second-order valence-corrected chi connectivity index (χ2v) is 5.56. The van der Waals surface area contributed by atoms with Crippen LogP contribution >= 0.6 is 11.3 Å². The maximum Gasteiger partial charge on any atom is 0.115 e. The summed E-state index contributed by atoms with van der Waals surface area (Å²) in [5.74, 6) is 0.290. The van der Waals surface area contributed by atoms with Crippen LogP contribution in [0.15, 0.2) is 66.0 Å². The van der Waals surface area contributed by atoms with Gasteiger partial charge < -0.3 is 10.4 Å². The Morgan fingerprint density at radius 1 is 0.900 bits per heavy atom. The summed E-state index contributed by atoms with van der Waals surface area (Å²) in [6, 6.07) is 19.7. The number of aromatic hydroxyl groups is 1. The van der Waals surface area contributed by atoms with Gasteiger partial charge in [-0.25, -0.2) is 0 Å². The van der Waals surface area contributed by atoms with Gasteiger partial charge in [0.1, 0.15) is 5.75 Å². The van der Waals surface area contributed by atoms with Crippen molar-refractivity contribution >= 4 is 17.0 Å². The van der Waals surface area contributed by atoms with E-state index in [1.807, 2.05) is 18.2 Å². The van der Waals surface area contributed by atoms with E-state index >= 15 is 0 Å². The number of hydrogen-bond donors (Lipinski definition) is 2. The van der Waals surface area contributed by atoms with Gasteiger partial charge in [-0.05, 0) is 46.8 Å². The molecule has 0 amide bonds. The zero-order valence-corrected chi connectivity index (χ0v) is 11.7. The molecule has 0 saturated carbocycles. The standard InChI is InChI=1S/C17H15NOS/c19-16-8-6-15(7-9-16)18-11-17-10-14(12-20-17)13-4-2-1-3-5-13/h1-10,12,18-19H,11H2. The number of hydrogen-bond acceptors (Lipinski definition) is 3. The summed E-state index contributed by atoms with van der Waals surface area (Å²) >= 11 is 1.75. The van der Waals surface area contributed by atoms with Gasteiger partial charge in [0, 0.05) is 17.1 Å². The first kappa shape index (κ1) is 12.8. The Morgan fingerprint density at radius 3 is 2.40 bits per heavy atom. The van der Waals surface area contributed by atoms with E-state index < -0.39 is 0 Å². The molecule has 0 aliphatic rings. The second-order valence-electron chi connectivity index (χ2n) is 4.57. The third kappa shape index (κ3) is 3.00. The summed E-state index contributed by atoms with van der Waals surface area (Å²) in [4.78, 5) is 1.29. The summed E-state index contributed by atoms with van der Waals surface area (Å²) in [6.45, 7) is 0.794. The smallest absolute Gasteiger partial charge is 0.115 e. The van der Waals surface area contributed by atoms with Gasteiger partial charge in [0.15, 0.2) is 0 Å². The van der Waals surface area contributed by atoms with Gasteiger partial charge in [0.2, 0.25) is 0 Å². The van der Waals surface area contributed by atoms with Crippen LogP contribution in [0.3, 0.4) is 0 Å². The summed E-state index contributed by atoms with van der Waals surface area (Å²) < 4.78 is 0. The first-order chi connectivity index (χ1) is 9.81. The average Bonchev–Trinajstić information content (AvgIpc) is 2.97. The van der Waals surface area contributed by atoms with Crippen LogP contribution in [0.5, 0.6) is 5.75 Å². The minimum atomic E-state index is 0.290. The van der Waals surface area contributed by atoms with Gasteiger partial charge in [0.05, 0.1) is 0 Å². The Labute approximate surface area is 122 Å². The lowest BCUT2D eigenvalue weighted by Gasteiger charge is -2.04. The highest BCUT2D eigenvalue weighted by Gasteiger charge is 2.02. The van der Waals surface area contributed by atoms with Crippen molar-refractivity contribution < 1.29 is 5.11 Å². The number of benzene rings is 2. The molecule has 0 spiro atoms. The van der Waals surface area contributed by atoms with E-state index in [0.717, 1.165) is 12.2 Å². The monoisotopic (exact) mass is 281 g/mol. The van der Waals surface area contributed by atoms with Gasteiger partial charge in [-0.1, -0.05) is 30.3 Å². The molecule has 0 radical (unpaired) electrons. The van der Waals surface area contributed by atoms with Gasteiger partial charge in [-0.15, -0.1) is 11.3 Å². The number of anilines is 1. The van der Waals surface area contributed by atoms with Crippen LogP contribution in [0.25, 0.3) is 11.1 Å². The van der Waals surface area contributed by atoms with E-state index in [0.29, 0.717) is 0 Å². The number of phenolic OH excluding ortho intramolecular Hbond substituents is 1. The van der Waals surface area contributed by atoms with Crippen molar-refractivity contribution in [1.29, 1.82) is 0 Å². The molecule has 0 aliphatic carbocycles. The van der Waals surface area contributed by atoms with Crippen molar-refractivity contribution in [3.05, 3.63) is 70.9 Å². The van der Waals surface area contributed by atoms with E-state index in [1.54, 1.807) is 23.5 Å². The lowest BCUT2D eigenvalue weighted by Crippen LogP contribution is -1.96. The Morgan fingerprint density at radius 2 is 1.65 bits per heavy atom. The van der Waals surface area contributed by atoms with Crippen LogP contribution in [-0.2, 0) is 6.54 Å². The summed E-state index contributed by atoms with van der Waals surface area (Å²) in [7, 11) is 0. The number of nitrogens with one attached hydrogen (secondary N) is 1. The lowest BCUT2D eigenvalue weighted by atomic mass is 10.1. The molecule has 0 atom stereocenters. The molecule has 3 heteroatoms. The van der Waals surface area contributed by atoms with E-state index in [4.69, 9.17) is 0 Å². The van der Waals surface area contributed by atoms with E-state index in [9.17, 15) is 5.11 Å². The highest BCUT2D eigenvalue weighted by atomic mass is 32.1. The zero-order valence-electron chi connectivity index (χ0n) is 10.9. The molecule has 0 fully saturated rings. The minimum absolute atomic E-state index is 0.290. The van der Waals surface area contributed by atoms with E-state index in [1.165, 1.54) is 16.0 Å². The van der Waals surface area contributed by atoms with Crippen LogP contribution in [0.2, 0.25) is 0 Å². The molecule has 0 bridgehead atoms. The SMILES string of the molecule is Oc1ccc(NCc2cc(-c3ccccc3)cs2)cc1. The van der Waals surface area contributed by atoms with Crippen LogP contribution in [0, 0.1) is 0 Å². The molecule has 100 valence electrons. The highest BCUT2D eigenvalue weighted by Crippen LogP contribution is 2.26. The maximum atomic E-state index is 9.25. The fourth-order valence-electron chi connectivity index (χ4n) is 2.02. The Bertz CT molecular complexity index is 674. The second kappa shape index (κ2) is 5.80. The third-order valence-electron chi connectivity index (χ3n) is 3.09. The van der Waals surface area contributed by atoms with Crippen molar-refractivity contribution in [1.82, 2.24) is 0 Å². The van der Waals surface area contributed by atoms with Crippen LogP contribution in [-0.4, -0.2) is 5.11 Å². The van der Waals surface area contributed by atoms with Gasteiger partial charge in [-0.2, -0.15) is 0 Å². The molecular weight excluding hydrogens is 266 g/mol. The van der Waals surface area contributed by atoms with E-state index in [-0.39, 0.29) is 5.75 Å². The first-order valence-electron chi connectivity index (χ1n) is 6.47. The molecule has 2 nitrogen and oxygen atoms in total. The maximum absolute atomic E-state index is 9.25. The number of thiophene rings is 1. The van der Waals surface area contributed by atoms with Gasteiger partial charge in [0.25, 0.3) is 0 Å².